The second-order valence-electron chi connectivity index (χ2n) is 5.00. The number of hydrogen-bond acceptors (Lipinski definition) is 3. The molecule has 1 aromatic carbocycles. The number of hydrogen-bond donors (Lipinski definition) is 1. The third kappa shape index (κ3) is 1.18. The zero-order chi connectivity index (χ0) is 10.5. The van der Waals surface area contributed by atoms with Crippen LogP contribution in [0.4, 0.5) is 0 Å². The lowest BCUT2D eigenvalue weighted by atomic mass is 9.84. The molecule has 1 N–H and O–H groups in total. The van der Waals surface area contributed by atoms with Gasteiger partial charge in [0.25, 0.3) is 0 Å². The molecule has 0 amide bonds. The zero-order valence-corrected chi connectivity index (χ0v) is 9.11. The SMILES string of the molecule is c1cc2c(cc1[C@H]1CC3CCC1N3)OCO2. The predicted molar refractivity (Wildman–Crippen MR) is 59.9 cm³/mol. The largest absolute Gasteiger partial charge is 0.454 e. The zero-order valence-electron chi connectivity index (χ0n) is 9.11. The summed E-state index contributed by atoms with van der Waals surface area (Å²) in [6.07, 6.45) is 3.96. The Kier molecular flexibility index (Phi) is 1.74. The third-order valence-electron chi connectivity index (χ3n) is 4.12. The van der Waals surface area contributed by atoms with E-state index in [9.17, 15) is 0 Å². The minimum Gasteiger partial charge on any atom is -0.454 e. The van der Waals surface area contributed by atoms with Crippen molar-refractivity contribution in [2.75, 3.05) is 6.79 Å². The van der Waals surface area contributed by atoms with E-state index in [2.05, 4.69) is 17.4 Å². The minimum atomic E-state index is 0.369. The lowest BCUT2D eigenvalue weighted by molar-refractivity contribution is 0.174. The topological polar surface area (TPSA) is 30.5 Å². The maximum absolute atomic E-state index is 5.44. The highest BCUT2D eigenvalue weighted by atomic mass is 16.7. The van der Waals surface area contributed by atoms with Crippen LogP contribution in [0.5, 0.6) is 11.5 Å². The van der Waals surface area contributed by atoms with E-state index in [0.29, 0.717) is 18.8 Å². The standard InChI is InChI=1S/C13H15NO2/c1-4-12-13(16-7-15-12)5-8(1)10-6-9-2-3-11(10)14-9/h1,4-5,9-11,14H,2-3,6-7H2/t9?,10-,11?/m1/s1. The average molecular weight is 217 g/mol. The van der Waals surface area contributed by atoms with Crippen molar-refractivity contribution in [3.05, 3.63) is 23.8 Å². The van der Waals surface area contributed by atoms with Gasteiger partial charge in [-0.05, 0) is 37.0 Å². The summed E-state index contributed by atoms with van der Waals surface area (Å²) in [6.45, 7) is 0.369. The van der Waals surface area contributed by atoms with Gasteiger partial charge in [-0.25, -0.2) is 0 Å². The Bertz CT molecular complexity index is 432. The first kappa shape index (κ1) is 8.88. The van der Waals surface area contributed by atoms with Crippen molar-refractivity contribution in [2.45, 2.75) is 37.3 Å². The fourth-order valence-electron chi connectivity index (χ4n) is 3.34. The molecule has 3 aliphatic rings. The van der Waals surface area contributed by atoms with Crippen LogP contribution in [-0.2, 0) is 0 Å². The fourth-order valence-corrected chi connectivity index (χ4v) is 3.34. The van der Waals surface area contributed by atoms with E-state index in [1.807, 2.05) is 6.07 Å². The predicted octanol–water partition coefficient (Wildman–Crippen LogP) is 2.02. The van der Waals surface area contributed by atoms with Gasteiger partial charge in [0, 0.05) is 18.0 Å². The molecule has 0 aliphatic carbocycles. The molecule has 2 saturated heterocycles. The summed E-state index contributed by atoms with van der Waals surface area (Å²) < 4.78 is 10.8. The summed E-state index contributed by atoms with van der Waals surface area (Å²) in [6, 6.07) is 7.84. The van der Waals surface area contributed by atoms with Crippen LogP contribution < -0.4 is 14.8 Å². The van der Waals surface area contributed by atoms with Crippen LogP contribution in [0.3, 0.4) is 0 Å². The second kappa shape index (κ2) is 3.14. The summed E-state index contributed by atoms with van der Waals surface area (Å²) >= 11 is 0. The van der Waals surface area contributed by atoms with Crippen molar-refractivity contribution >= 4 is 0 Å². The van der Waals surface area contributed by atoms with Crippen LogP contribution in [0.25, 0.3) is 0 Å². The fraction of sp³-hybridized carbons (Fsp3) is 0.538. The highest BCUT2D eigenvalue weighted by Crippen LogP contribution is 2.43. The van der Waals surface area contributed by atoms with E-state index in [-0.39, 0.29) is 0 Å². The van der Waals surface area contributed by atoms with Crippen molar-refractivity contribution in [2.24, 2.45) is 0 Å². The van der Waals surface area contributed by atoms with Gasteiger partial charge in [-0.3, -0.25) is 0 Å². The summed E-state index contributed by atoms with van der Waals surface area (Å²) in [7, 11) is 0. The Morgan fingerprint density at radius 1 is 1.12 bits per heavy atom. The molecule has 3 heteroatoms. The summed E-state index contributed by atoms with van der Waals surface area (Å²) in [4.78, 5) is 0. The number of ether oxygens (including phenoxy) is 2. The van der Waals surface area contributed by atoms with Gasteiger partial charge in [0.2, 0.25) is 6.79 Å². The molecule has 0 aromatic heterocycles. The van der Waals surface area contributed by atoms with Gasteiger partial charge in [0.1, 0.15) is 0 Å². The summed E-state index contributed by atoms with van der Waals surface area (Å²) in [5.74, 6) is 2.48. The number of nitrogens with one attached hydrogen (secondary N) is 1. The first-order valence-corrected chi connectivity index (χ1v) is 6.06. The number of fused-ring (bicyclic) bond motifs is 3. The van der Waals surface area contributed by atoms with Gasteiger partial charge in [-0.15, -0.1) is 0 Å². The lowest BCUT2D eigenvalue weighted by Gasteiger charge is -2.20. The highest BCUT2D eigenvalue weighted by molar-refractivity contribution is 5.46. The van der Waals surface area contributed by atoms with E-state index in [0.717, 1.165) is 17.5 Å². The van der Waals surface area contributed by atoms with Crippen molar-refractivity contribution in [1.82, 2.24) is 5.32 Å². The van der Waals surface area contributed by atoms with Crippen molar-refractivity contribution in [3.8, 4) is 11.5 Å². The first-order chi connectivity index (χ1) is 7.90. The Labute approximate surface area is 94.7 Å². The Morgan fingerprint density at radius 2 is 2.06 bits per heavy atom. The van der Waals surface area contributed by atoms with Gasteiger partial charge < -0.3 is 14.8 Å². The van der Waals surface area contributed by atoms with Gasteiger partial charge in [-0.2, -0.15) is 0 Å². The molecule has 2 unspecified atom stereocenters. The minimum absolute atomic E-state index is 0.369. The van der Waals surface area contributed by atoms with Crippen LogP contribution >= 0.6 is 0 Å². The number of benzene rings is 1. The molecule has 84 valence electrons. The molecule has 3 aliphatic heterocycles. The molecule has 0 saturated carbocycles. The van der Waals surface area contributed by atoms with E-state index in [1.54, 1.807) is 0 Å². The summed E-state index contributed by atoms with van der Waals surface area (Å²) in [5, 5.41) is 3.67. The van der Waals surface area contributed by atoms with Gasteiger partial charge >= 0.3 is 0 Å². The van der Waals surface area contributed by atoms with Gasteiger partial charge in [0.05, 0.1) is 0 Å². The van der Waals surface area contributed by atoms with Crippen LogP contribution in [0.15, 0.2) is 18.2 Å². The second-order valence-corrected chi connectivity index (χ2v) is 5.00. The maximum Gasteiger partial charge on any atom is 0.231 e. The molecule has 0 spiro atoms. The molecule has 2 fully saturated rings. The van der Waals surface area contributed by atoms with Crippen molar-refractivity contribution < 1.29 is 9.47 Å². The Morgan fingerprint density at radius 3 is 2.88 bits per heavy atom. The molecule has 1 aromatic rings. The maximum atomic E-state index is 5.44. The average Bonchev–Trinajstić information content (AvgIpc) is 3.03. The van der Waals surface area contributed by atoms with Crippen LogP contribution in [0.2, 0.25) is 0 Å². The van der Waals surface area contributed by atoms with E-state index < -0.39 is 0 Å². The van der Waals surface area contributed by atoms with Crippen molar-refractivity contribution in [1.29, 1.82) is 0 Å². The number of rotatable bonds is 1. The van der Waals surface area contributed by atoms with E-state index in [1.165, 1.54) is 24.8 Å². The Hall–Kier alpha value is -1.22. The Balaban J connectivity index is 1.68. The first-order valence-electron chi connectivity index (χ1n) is 6.06. The van der Waals surface area contributed by atoms with E-state index in [4.69, 9.17) is 9.47 Å². The molecule has 0 radical (unpaired) electrons. The molecular formula is C13H15NO2. The smallest absolute Gasteiger partial charge is 0.231 e. The molecule has 2 bridgehead atoms. The quantitative estimate of drug-likeness (QED) is 0.780. The normalized spacial score (nSPS) is 34.6. The summed E-state index contributed by atoms with van der Waals surface area (Å²) in [5.41, 5.74) is 1.41. The van der Waals surface area contributed by atoms with Crippen LogP contribution in [-0.4, -0.2) is 18.9 Å². The van der Waals surface area contributed by atoms with Gasteiger partial charge in [-0.1, -0.05) is 6.07 Å². The monoisotopic (exact) mass is 217 g/mol. The molecule has 3 heterocycles. The van der Waals surface area contributed by atoms with Crippen LogP contribution in [0.1, 0.15) is 30.7 Å². The highest BCUT2D eigenvalue weighted by Gasteiger charge is 2.39. The molecule has 3 atom stereocenters. The van der Waals surface area contributed by atoms with E-state index >= 15 is 0 Å². The third-order valence-corrected chi connectivity index (χ3v) is 4.12. The molecule has 3 nitrogen and oxygen atoms in total. The van der Waals surface area contributed by atoms with Crippen LogP contribution in [0, 0.1) is 0 Å². The lowest BCUT2D eigenvalue weighted by Crippen LogP contribution is -2.21. The van der Waals surface area contributed by atoms with Gasteiger partial charge in [0.15, 0.2) is 11.5 Å². The molecule has 4 rings (SSSR count). The van der Waals surface area contributed by atoms with Crippen molar-refractivity contribution in [3.63, 3.8) is 0 Å². The molecular weight excluding hydrogens is 202 g/mol. The molecule has 16 heavy (non-hydrogen) atoms.